The van der Waals surface area contributed by atoms with E-state index in [0.717, 1.165) is 25.1 Å². The Morgan fingerprint density at radius 2 is 1.94 bits per heavy atom. The summed E-state index contributed by atoms with van der Waals surface area (Å²) in [4.78, 5) is 0. The van der Waals surface area contributed by atoms with E-state index in [2.05, 4.69) is 19.2 Å². The molecule has 1 aliphatic heterocycles. The Balaban J connectivity index is 0.00000128. The highest BCUT2D eigenvalue weighted by molar-refractivity contribution is 5.85. The van der Waals surface area contributed by atoms with E-state index >= 15 is 0 Å². The second kappa shape index (κ2) is 5.55. The number of hydrogen-bond acceptors (Lipinski definition) is 2. The molecule has 0 aliphatic carbocycles. The molecule has 1 atom stereocenters. The lowest BCUT2D eigenvalue weighted by Gasteiger charge is -2.36. The fourth-order valence-electron chi connectivity index (χ4n) is 2.11. The Bertz CT molecular complexity index is 313. The van der Waals surface area contributed by atoms with Gasteiger partial charge in [0.15, 0.2) is 0 Å². The maximum absolute atomic E-state index is 5.95. The van der Waals surface area contributed by atoms with Crippen molar-refractivity contribution in [3.8, 4) is 5.75 Å². The summed E-state index contributed by atoms with van der Waals surface area (Å²) in [5.74, 6) is 0.986. The number of nitrogens with one attached hydrogen (secondary N) is 1. The molecule has 0 saturated carbocycles. The maximum atomic E-state index is 5.95. The number of ether oxygens (including phenoxy) is 1. The van der Waals surface area contributed by atoms with Crippen molar-refractivity contribution in [2.75, 3.05) is 6.54 Å². The van der Waals surface area contributed by atoms with Gasteiger partial charge in [0.05, 0.1) is 0 Å². The number of piperidine rings is 1. The Kier molecular flexibility index (Phi) is 4.63. The predicted octanol–water partition coefficient (Wildman–Crippen LogP) is 3.02. The highest BCUT2D eigenvalue weighted by Crippen LogP contribution is 2.23. The smallest absolute Gasteiger partial charge is 0.119 e. The number of halogens is 1. The second-order valence-corrected chi connectivity index (χ2v) is 4.86. The average molecular weight is 242 g/mol. The van der Waals surface area contributed by atoms with E-state index in [-0.39, 0.29) is 17.9 Å². The van der Waals surface area contributed by atoms with E-state index in [1.807, 2.05) is 30.3 Å². The lowest BCUT2D eigenvalue weighted by Crippen LogP contribution is -2.49. The van der Waals surface area contributed by atoms with Crippen LogP contribution in [-0.4, -0.2) is 18.2 Å². The van der Waals surface area contributed by atoms with E-state index in [1.54, 1.807) is 0 Å². The molecule has 1 heterocycles. The summed E-state index contributed by atoms with van der Waals surface area (Å²) in [6.45, 7) is 5.51. The SMILES string of the molecule is CC1(C)CC(Oc2ccccc2)CCN1.Cl. The van der Waals surface area contributed by atoms with Crippen molar-refractivity contribution in [1.29, 1.82) is 0 Å². The number of hydrogen-bond donors (Lipinski definition) is 1. The first-order valence-electron chi connectivity index (χ1n) is 5.62. The van der Waals surface area contributed by atoms with Gasteiger partial charge in [-0.05, 0) is 38.9 Å². The molecule has 1 aromatic rings. The van der Waals surface area contributed by atoms with Gasteiger partial charge in [-0.15, -0.1) is 12.4 Å². The zero-order valence-corrected chi connectivity index (χ0v) is 10.7. The molecule has 1 N–H and O–H groups in total. The molecule has 1 unspecified atom stereocenters. The summed E-state index contributed by atoms with van der Waals surface area (Å²) in [7, 11) is 0. The van der Waals surface area contributed by atoms with Gasteiger partial charge in [-0.3, -0.25) is 0 Å². The van der Waals surface area contributed by atoms with Crippen LogP contribution in [0.4, 0.5) is 0 Å². The summed E-state index contributed by atoms with van der Waals surface area (Å²) in [5, 5.41) is 3.49. The Labute approximate surface area is 104 Å². The summed E-state index contributed by atoms with van der Waals surface area (Å²) < 4.78 is 5.95. The van der Waals surface area contributed by atoms with Crippen LogP contribution in [0.25, 0.3) is 0 Å². The molecule has 2 rings (SSSR count). The van der Waals surface area contributed by atoms with Crippen molar-refractivity contribution < 1.29 is 4.74 Å². The van der Waals surface area contributed by atoms with E-state index in [9.17, 15) is 0 Å². The Hall–Kier alpha value is -0.730. The third-order valence-corrected chi connectivity index (χ3v) is 2.85. The minimum atomic E-state index is 0. The van der Waals surface area contributed by atoms with Crippen molar-refractivity contribution in [3.63, 3.8) is 0 Å². The quantitative estimate of drug-likeness (QED) is 0.860. The van der Waals surface area contributed by atoms with Crippen molar-refractivity contribution in [1.82, 2.24) is 5.32 Å². The van der Waals surface area contributed by atoms with Crippen LogP contribution in [0, 0.1) is 0 Å². The zero-order valence-electron chi connectivity index (χ0n) is 9.90. The van der Waals surface area contributed by atoms with Crippen LogP contribution in [0.3, 0.4) is 0 Å². The third kappa shape index (κ3) is 3.69. The van der Waals surface area contributed by atoms with Gasteiger partial charge in [0.2, 0.25) is 0 Å². The van der Waals surface area contributed by atoms with Crippen LogP contribution in [0.15, 0.2) is 30.3 Å². The molecule has 1 aliphatic rings. The molecule has 1 fully saturated rings. The molecule has 0 aromatic heterocycles. The van der Waals surface area contributed by atoms with Crippen molar-refractivity contribution in [2.24, 2.45) is 0 Å². The fraction of sp³-hybridized carbons (Fsp3) is 0.538. The lowest BCUT2D eigenvalue weighted by molar-refractivity contribution is 0.112. The van der Waals surface area contributed by atoms with Gasteiger partial charge in [0.25, 0.3) is 0 Å². The first kappa shape index (κ1) is 13.3. The molecule has 0 bridgehead atoms. The van der Waals surface area contributed by atoms with Crippen LogP contribution >= 0.6 is 12.4 Å². The largest absolute Gasteiger partial charge is 0.490 e. The van der Waals surface area contributed by atoms with Crippen molar-refractivity contribution >= 4 is 12.4 Å². The lowest BCUT2D eigenvalue weighted by atomic mass is 9.91. The van der Waals surface area contributed by atoms with Gasteiger partial charge in [-0.25, -0.2) is 0 Å². The van der Waals surface area contributed by atoms with Crippen LogP contribution in [-0.2, 0) is 0 Å². The van der Waals surface area contributed by atoms with Crippen LogP contribution in [0.1, 0.15) is 26.7 Å². The normalized spacial score (nSPS) is 23.2. The van der Waals surface area contributed by atoms with Gasteiger partial charge in [-0.1, -0.05) is 18.2 Å². The number of para-hydroxylation sites is 1. The van der Waals surface area contributed by atoms with Crippen LogP contribution in [0.2, 0.25) is 0 Å². The number of benzene rings is 1. The topological polar surface area (TPSA) is 21.3 Å². The first-order valence-corrected chi connectivity index (χ1v) is 5.62. The molecule has 1 saturated heterocycles. The Morgan fingerprint density at radius 3 is 2.56 bits per heavy atom. The summed E-state index contributed by atoms with van der Waals surface area (Å²) >= 11 is 0. The van der Waals surface area contributed by atoms with E-state index in [1.165, 1.54) is 0 Å². The molecule has 16 heavy (non-hydrogen) atoms. The summed E-state index contributed by atoms with van der Waals surface area (Å²) in [6.07, 6.45) is 2.52. The van der Waals surface area contributed by atoms with Crippen LogP contribution in [0.5, 0.6) is 5.75 Å². The van der Waals surface area contributed by atoms with Gasteiger partial charge < -0.3 is 10.1 Å². The van der Waals surface area contributed by atoms with Gasteiger partial charge in [0.1, 0.15) is 11.9 Å². The first-order chi connectivity index (χ1) is 7.16. The minimum absolute atomic E-state index is 0. The second-order valence-electron chi connectivity index (χ2n) is 4.86. The average Bonchev–Trinajstić information content (AvgIpc) is 2.17. The molecule has 0 radical (unpaired) electrons. The molecule has 0 spiro atoms. The minimum Gasteiger partial charge on any atom is -0.490 e. The molecule has 0 amide bonds. The van der Waals surface area contributed by atoms with Gasteiger partial charge in [-0.2, -0.15) is 0 Å². The molecule has 2 nitrogen and oxygen atoms in total. The van der Waals surface area contributed by atoms with Crippen LogP contribution < -0.4 is 10.1 Å². The summed E-state index contributed by atoms with van der Waals surface area (Å²) in [6, 6.07) is 10.1. The highest BCUT2D eigenvalue weighted by atomic mass is 35.5. The van der Waals surface area contributed by atoms with E-state index in [4.69, 9.17) is 4.74 Å². The molecular weight excluding hydrogens is 222 g/mol. The standard InChI is InChI=1S/C13H19NO.ClH/c1-13(2)10-12(8-9-14-13)15-11-6-4-3-5-7-11;/h3-7,12,14H,8-10H2,1-2H3;1H. The predicted molar refractivity (Wildman–Crippen MR) is 69.4 cm³/mol. The maximum Gasteiger partial charge on any atom is 0.119 e. The third-order valence-electron chi connectivity index (χ3n) is 2.85. The Morgan fingerprint density at radius 1 is 1.25 bits per heavy atom. The van der Waals surface area contributed by atoms with Crippen molar-refractivity contribution in [2.45, 2.75) is 38.3 Å². The molecular formula is C13H20ClNO. The fourth-order valence-corrected chi connectivity index (χ4v) is 2.11. The molecule has 1 aromatic carbocycles. The monoisotopic (exact) mass is 241 g/mol. The van der Waals surface area contributed by atoms with Crippen molar-refractivity contribution in [3.05, 3.63) is 30.3 Å². The van der Waals surface area contributed by atoms with Gasteiger partial charge >= 0.3 is 0 Å². The molecule has 90 valence electrons. The zero-order chi connectivity index (χ0) is 10.7. The van der Waals surface area contributed by atoms with E-state index in [0.29, 0.717) is 6.10 Å². The number of rotatable bonds is 2. The summed E-state index contributed by atoms with van der Waals surface area (Å²) in [5.41, 5.74) is 0.206. The highest BCUT2D eigenvalue weighted by Gasteiger charge is 2.28. The van der Waals surface area contributed by atoms with E-state index < -0.39 is 0 Å². The molecule has 3 heteroatoms. The van der Waals surface area contributed by atoms with Gasteiger partial charge in [0, 0.05) is 12.0 Å².